The van der Waals surface area contributed by atoms with E-state index in [-0.39, 0.29) is 18.6 Å². The number of aliphatic carboxylic acids is 2. The first-order valence-electron chi connectivity index (χ1n) is 4.47. The fraction of sp³-hybridized carbons (Fsp3) is 0.625. The lowest BCUT2D eigenvalue weighted by atomic mass is 9.94. The van der Waals surface area contributed by atoms with Gasteiger partial charge in [-0.1, -0.05) is 5.16 Å². The molecular formula is C8H10N2O5. The van der Waals surface area contributed by atoms with Crippen molar-refractivity contribution in [2.75, 3.05) is 6.54 Å². The Labute approximate surface area is 84.7 Å². The van der Waals surface area contributed by atoms with E-state index in [0.29, 0.717) is 6.54 Å². The van der Waals surface area contributed by atoms with Crippen LogP contribution in [0, 0.1) is 0 Å². The summed E-state index contributed by atoms with van der Waals surface area (Å²) in [6.45, 7) is 0.310. The lowest BCUT2D eigenvalue weighted by molar-refractivity contribution is -0.139. The molecule has 0 aromatic carbocycles. The molecule has 15 heavy (non-hydrogen) atoms. The Kier molecular flexibility index (Phi) is 2.11. The van der Waals surface area contributed by atoms with E-state index < -0.39 is 23.6 Å². The van der Waals surface area contributed by atoms with Crippen molar-refractivity contribution in [1.29, 1.82) is 0 Å². The fourth-order valence-corrected chi connectivity index (χ4v) is 1.84. The second kappa shape index (κ2) is 3.20. The Morgan fingerprint density at radius 1 is 1.53 bits per heavy atom. The van der Waals surface area contributed by atoms with Gasteiger partial charge in [0.05, 0.1) is 0 Å². The van der Waals surface area contributed by atoms with Gasteiger partial charge >= 0.3 is 11.9 Å². The number of hydrogen-bond acceptors (Lipinski definition) is 5. The Bertz CT molecular complexity index is 353. The Hall–Kier alpha value is -1.63. The maximum Gasteiger partial charge on any atom is 0.353 e. The van der Waals surface area contributed by atoms with Crippen molar-refractivity contribution >= 4 is 17.7 Å². The van der Waals surface area contributed by atoms with Crippen LogP contribution < -0.4 is 5.32 Å². The molecule has 1 fully saturated rings. The molecule has 0 aromatic rings. The Balaban J connectivity index is 2.03. The minimum absolute atomic E-state index is 0.0529. The van der Waals surface area contributed by atoms with Gasteiger partial charge in [-0.3, -0.25) is 4.79 Å². The number of nitrogens with one attached hydrogen (secondary N) is 1. The number of carboxylic acids is 2. The van der Waals surface area contributed by atoms with E-state index in [9.17, 15) is 9.59 Å². The molecular weight excluding hydrogens is 204 g/mol. The summed E-state index contributed by atoms with van der Waals surface area (Å²) in [5, 5.41) is 23.7. The van der Waals surface area contributed by atoms with Crippen LogP contribution in [0.4, 0.5) is 0 Å². The van der Waals surface area contributed by atoms with Gasteiger partial charge in [-0.15, -0.1) is 0 Å². The predicted molar refractivity (Wildman–Crippen MR) is 47.5 cm³/mol. The summed E-state index contributed by atoms with van der Waals surface area (Å²) in [4.78, 5) is 26.3. The van der Waals surface area contributed by atoms with Gasteiger partial charge in [0.2, 0.25) is 0 Å². The lowest BCUT2D eigenvalue weighted by Gasteiger charge is -2.18. The van der Waals surface area contributed by atoms with Crippen molar-refractivity contribution in [3.63, 3.8) is 0 Å². The molecule has 0 unspecified atom stereocenters. The molecule has 0 amide bonds. The van der Waals surface area contributed by atoms with Gasteiger partial charge in [0.1, 0.15) is 6.04 Å². The zero-order valence-electron chi connectivity index (χ0n) is 7.77. The highest BCUT2D eigenvalue weighted by atomic mass is 16.7. The van der Waals surface area contributed by atoms with Crippen molar-refractivity contribution in [2.24, 2.45) is 5.16 Å². The second-order valence-electron chi connectivity index (χ2n) is 3.77. The van der Waals surface area contributed by atoms with Crippen molar-refractivity contribution < 1.29 is 24.6 Å². The average molecular weight is 214 g/mol. The molecule has 82 valence electrons. The Morgan fingerprint density at radius 2 is 2.27 bits per heavy atom. The van der Waals surface area contributed by atoms with Crippen LogP contribution in [-0.2, 0) is 14.4 Å². The summed E-state index contributed by atoms with van der Waals surface area (Å²) in [6.07, 6.45) is 0.391. The summed E-state index contributed by atoms with van der Waals surface area (Å²) in [6, 6.07) is -0.687. The normalized spacial score (nSPS) is 33.9. The summed E-state index contributed by atoms with van der Waals surface area (Å²) in [5.74, 6) is -2.08. The average Bonchev–Trinajstić information content (AvgIpc) is 2.74. The van der Waals surface area contributed by atoms with Gasteiger partial charge < -0.3 is 20.4 Å². The lowest BCUT2D eigenvalue weighted by Crippen LogP contribution is -2.32. The van der Waals surface area contributed by atoms with E-state index >= 15 is 0 Å². The zero-order valence-corrected chi connectivity index (χ0v) is 7.77. The number of hydrogen-bond donors (Lipinski definition) is 3. The number of rotatable bonds is 2. The number of oxime groups is 1. The zero-order chi connectivity index (χ0) is 11.1. The van der Waals surface area contributed by atoms with Gasteiger partial charge in [0.25, 0.3) is 0 Å². The third-order valence-electron chi connectivity index (χ3n) is 2.63. The number of nitrogens with zero attached hydrogens (tertiary/aromatic N) is 1. The van der Waals surface area contributed by atoms with Crippen LogP contribution in [-0.4, -0.2) is 46.1 Å². The molecule has 0 saturated carbocycles. The van der Waals surface area contributed by atoms with Gasteiger partial charge in [-0.2, -0.15) is 0 Å². The van der Waals surface area contributed by atoms with E-state index in [1.54, 1.807) is 0 Å². The highest BCUT2D eigenvalue weighted by Crippen LogP contribution is 2.32. The van der Waals surface area contributed by atoms with E-state index in [2.05, 4.69) is 10.5 Å². The van der Waals surface area contributed by atoms with E-state index in [1.165, 1.54) is 0 Å². The molecule has 1 spiro atoms. The van der Waals surface area contributed by atoms with Gasteiger partial charge in [0, 0.05) is 19.4 Å². The van der Waals surface area contributed by atoms with Gasteiger partial charge in [0.15, 0.2) is 11.3 Å². The molecule has 2 atom stereocenters. The molecule has 1 saturated heterocycles. The molecule has 2 aliphatic heterocycles. The first kappa shape index (κ1) is 9.91. The van der Waals surface area contributed by atoms with Crippen LogP contribution in [0.1, 0.15) is 12.8 Å². The van der Waals surface area contributed by atoms with E-state index in [1.807, 2.05) is 0 Å². The summed E-state index contributed by atoms with van der Waals surface area (Å²) in [5.41, 5.74) is -0.834. The fourth-order valence-electron chi connectivity index (χ4n) is 1.84. The number of carboxylic acid groups (broad SMARTS) is 2. The van der Waals surface area contributed by atoms with Crippen LogP contribution in [0.3, 0.4) is 0 Å². The number of carbonyl (C=O) groups is 2. The van der Waals surface area contributed by atoms with Crippen LogP contribution in [0.5, 0.6) is 0 Å². The van der Waals surface area contributed by atoms with E-state index in [4.69, 9.17) is 15.1 Å². The topological polar surface area (TPSA) is 108 Å². The predicted octanol–water partition coefficient (Wildman–Crippen LogP) is -0.967. The summed E-state index contributed by atoms with van der Waals surface area (Å²) < 4.78 is 0. The quantitative estimate of drug-likeness (QED) is 0.546. The van der Waals surface area contributed by atoms with Crippen LogP contribution >= 0.6 is 0 Å². The molecule has 0 bridgehead atoms. The summed E-state index contributed by atoms with van der Waals surface area (Å²) >= 11 is 0. The first-order valence-corrected chi connectivity index (χ1v) is 4.47. The molecule has 0 aliphatic carbocycles. The standard InChI is InChI=1S/C8H10N2O5/c11-6(12)4-1-8(3-9-4)2-5(7(13)14)10-15-8/h4,9H,1-3H2,(H,11,12)(H,13,14)/t4-,8-/m0/s1. The molecule has 0 radical (unpaired) electrons. The second-order valence-corrected chi connectivity index (χ2v) is 3.77. The van der Waals surface area contributed by atoms with Gasteiger partial charge in [-0.05, 0) is 0 Å². The molecule has 2 aliphatic rings. The third-order valence-corrected chi connectivity index (χ3v) is 2.63. The maximum atomic E-state index is 10.7. The minimum Gasteiger partial charge on any atom is -0.480 e. The van der Waals surface area contributed by atoms with Crippen LogP contribution in [0.15, 0.2) is 5.16 Å². The molecule has 0 aromatic heterocycles. The molecule has 3 N–H and O–H groups in total. The molecule has 2 heterocycles. The van der Waals surface area contributed by atoms with Crippen LogP contribution in [0.2, 0.25) is 0 Å². The molecule has 7 nitrogen and oxygen atoms in total. The smallest absolute Gasteiger partial charge is 0.353 e. The van der Waals surface area contributed by atoms with Crippen molar-refractivity contribution in [1.82, 2.24) is 5.32 Å². The maximum absolute atomic E-state index is 10.7. The van der Waals surface area contributed by atoms with Gasteiger partial charge in [-0.25, -0.2) is 4.79 Å². The SMILES string of the molecule is O=C(O)C1=NO[C@]2(CN[C@H](C(=O)O)C2)C1. The highest BCUT2D eigenvalue weighted by molar-refractivity contribution is 6.36. The highest BCUT2D eigenvalue weighted by Gasteiger charge is 2.49. The van der Waals surface area contributed by atoms with Crippen molar-refractivity contribution in [3.05, 3.63) is 0 Å². The Morgan fingerprint density at radius 3 is 2.73 bits per heavy atom. The van der Waals surface area contributed by atoms with Crippen molar-refractivity contribution in [3.8, 4) is 0 Å². The molecule has 7 heteroatoms. The van der Waals surface area contributed by atoms with Crippen molar-refractivity contribution in [2.45, 2.75) is 24.5 Å². The third kappa shape index (κ3) is 1.65. The van der Waals surface area contributed by atoms with Crippen LogP contribution in [0.25, 0.3) is 0 Å². The summed E-state index contributed by atoms with van der Waals surface area (Å²) in [7, 11) is 0. The molecule has 2 rings (SSSR count). The minimum atomic E-state index is -1.12. The first-order chi connectivity index (χ1) is 7.02. The monoisotopic (exact) mass is 214 g/mol. The van der Waals surface area contributed by atoms with E-state index in [0.717, 1.165) is 0 Å². The largest absolute Gasteiger partial charge is 0.480 e.